The number of allylic oxidation sites excluding steroid dienone is 1. The summed E-state index contributed by atoms with van der Waals surface area (Å²) < 4.78 is 46.5. The Labute approximate surface area is 188 Å². The van der Waals surface area contributed by atoms with Crippen LogP contribution in [0.4, 0.5) is 13.2 Å². The molecule has 0 aliphatic carbocycles. The first-order valence-electron chi connectivity index (χ1n) is 9.39. The Balaban J connectivity index is 1.90. The van der Waals surface area contributed by atoms with Crippen molar-refractivity contribution in [1.29, 1.82) is 0 Å². The molecule has 7 nitrogen and oxygen atoms in total. The quantitative estimate of drug-likeness (QED) is 0.492. The molecule has 4 rings (SSSR count). The molecule has 1 aromatic carbocycles. The number of halogens is 3. The van der Waals surface area contributed by atoms with Crippen molar-refractivity contribution >= 4 is 23.0 Å². The van der Waals surface area contributed by atoms with E-state index in [0.717, 1.165) is 11.3 Å². The van der Waals surface area contributed by atoms with Crippen LogP contribution in [0.25, 0.3) is 11.3 Å². The number of fused-ring (bicyclic) bond motifs is 1. The van der Waals surface area contributed by atoms with Crippen LogP contribution in [0.3, 0.4) is 0 Å². The molecule has 0 saturated carbocycles. The second-order valence-corrected chi connectivity index (χ2v) is 7.91. The summed E-state index contributed by atoms with van der Waals surface area (Å²) in [7, 11) is 1.34. The number of phenols is 1. The van der Waals surface area contributed by atoms with Crippen LogP contribution in [0.2, 0.25) is 0 Å². The lowest BCUT2D eigenvalue weighted by molar-refractivity contribution is -0.0973. The molecular formula is C22H15F3N2O5S. The minimum atomic E-state index is -5.12. The van der Waals surface area contributed by atoms with Gasteiger partial charge in [-0.2, -0.15) is 13.2 Å². The molecule has 1 atom stereocenters. The lowest BCUT2D eigenvalue weighted by Crippen LogP contribution is -2.33. The minimum Gasteiger partial charge on any atom is -0.504 e. The Morgan fingerprint density at radius 2 is 1.97 bits per heavy atom. The molecule has 2 aromatic heterocycles. The second-order valence-electron chi connectivity index (χ2n) is 6.97. The fourth-order valence-electron chi connectivity index (χ4n) is 3.40. The number of aromatic hydroxyl groups is 1. The van der Waals surface area contributed by atoms with Crippen LogP contribution in [-0.2, 0) is 0 Å². The van der Waals surface area contributed by atoms with Crippen LogP contribution in [0, 0.1) is 0 Å². The summed E-state index contributed by atoms with van der Waals surface area (Å²) in [5.74, 6) is -2.25. The Morgan fingerprint density at radius 3 is 2.61 bits per heavy atom. The van der Waals surface area contributed by atoms with Crippen molar-refractivity contribution in [3.63, 3.8) is 0 Å². The number of hydrogen-bond donors (Lipinski definition) is 3. The van der Waals surface area contributed by atoms with Gasteiger partial charge in [0.25, 0.3) is 5.91 Å². The van der Waals surface area contributed by atoms with E-state index in [9.17, 15) is 33.0 Å². The van der Waals surface area contributed by atoms with Gasteiger partial charge >= 0.3 is 6.18 Å². The fourth-order valence-corrected chi connectivity index (χ4v) is 4.07. The minimum absolute atomic E-state index is 0.0390. The first-order chi connectivity index (χ1) is 15.6. The zero-order valence-corrected chi connectivity index (χ0v) is 17.6. The number of thiophene rings is 1. The Kier molecular flexibility index (Phi) is 5.68. The third kappa shape index (κ3) is 4.08. The predicted octanol–water partition coefficient (Wildman–Crippen LogP) is 4.00. The smallest absolute Gasteiger partial charge is 0.431 e. The summed E-state index contributed by atoms with van der Waals surface area (Å²) in [4.78, 5) is 29.7. The van der Waals surface area contributed by atoms with Crippen molar-refractivity contribution in [2.24, 2.45) is 0 Å². The number of nitrogens with one attached hydrogen (secondary N) is 1. The van der Waals surface area contributed by atoms with E-state index in [1.54, 1.807) is 5.32 Å². The number of carbonyl (C=O) groups excluding carboxylic acids is 2. The van der Waals surface area contributed by atoms with E-state index >= 15 is 0 Å². The summed E-state index contributed by atoms with van der Waals surface area (Å²) >= 11 is 0.901. The van der Waals surface area contributed by atoms with Gasteiger partial charge in [-0.15, -0.1) is 11.3 Å². The average Bonchev–Trinajstić information content (AvgIpc) is 3.29. The van der Waals surface area contributed by atoms with Crippen LogP contribution in [-0.4, -0.2) is 40.2 Å². The lowest BCUT2D eigenvalue weighted by atomic mass is 9.96. The molecule has 0 fully saturated rings. The number of ketones is 1. The molecule has 170 valence electrons. The summed E-state index contributed by atoms with van der Waals surface area (Å²) in [6.45, 7) is 0. The lowest BCUT2D eigenvalue weighted by Gasteiger charge is -2.18. The number of aliphatic hydroxyl groups is 1. The highest BCUT2D eigenvalue weighted by atomic mass is 32.1. The van der Waals surface area contributed by atoms with Gasteiger partial charge in [0, 0.05) is 5.56 Å². The van der Waals surface area contributed by atoms with Crippen molar-refractivity contribution in [3.8, 4) is 22.8 Å². The largest absolute Gasteiger partial charge is 0.504 e. The standard InChI is InChI=1S/C22H15F3N2O5S/c1-32-14-9-10(4-7-13(14)28)12-6-5-11-17(26-12)19(30)16(18(29)15-3-2-8-33-15)20(22(23,24)25)27-21(11)31/h2-9,19,28,30H,1H3,(H,27,31). The number of phenolic OH excluding ortho intramolecular Hbond substituents is 1. The first kappa shape index (κ1) is 22.5. The van der Waals surface area contributed by atoms with Crippen molar-refractivity contribution in [3.05, 3.63) is 75.2 Å². The maximum atomic E-state index is 13.8. The van der Waals surface area contributed by atoms with E-state index in [4.69, 9.17) is 4.74 Å². The molecule has 0 spiro atoms. The number of aliphatic hydroxyl groups excluding tert-OH is 1. The Morgan fingerprint density at radius 1 is 1.21 bits per heavy atom. The fraction of sp³-hybridized carbons (Fsp3) is 0.136. The van der Waals surface area contributed by atoms with Crippen LogP contribution >= 0.6 is 11.3 Å². The van der Waals surface area contributed by atoms with Crippen LogP contribution in [0.15, 0.2) is 59.1 Å². The van der Waals surface area contributed by atoms with E-state index < -0.39 is 40.9 Å². The number of amides is 1. The van der Waals surface area contributed by atoms with Crippen LogP contribution < -0.4 is 10.1 Å². The molecular weight excluding hydrogens is 461 g/mol. The van der Waals surface area contributed by atoms with Gasteiger partial charge in [0.1, 0.15) is 11.8 Å². The highest BCUT2D eigenvalue weighted by Gasteiger charge is 2.45. The third-order valence-corrected chi connectivity index (χ3v) is 5.83. The summed E-state index contributed by atoms with van der Waals surface area (Å²) in [6, 6.07) is 9.62. The number of carbonyl (C=O) groups is 2. The third-order valence-electron chi connectivity index (χ3n) is 4.96. The Bertz CT molecular complexity index is 1290. The molecule has 1 unspecified atom stereocenters. The SMILES string of the molecule is COc1cc(-c2ccc3c(n2)C(O)C(C(=O)c2cccs2)=C(C(F)(F)F)NC3=O)ccc1O. The average molecular weight is 476 g/mol. The van der Waals surface area contributed by atoms with E-state index in [0.29, 0.717) is 5.56 Å². The molecule has 0 radical (unpaired) electrons. The molecule has 11 heteroatoms. The van der Waals surface area contributed by atoms with Gasteiger partial charge in [0.2, 0.25) is 5.78 Å². The topological polar surface area (TPSA) is 109 Å². The monoisotopic (exact) mass is 476 g/mol. The number of hydrogen-bond acceptors (Lipinski definition) is 7. The molecule has 3 aromatic rings. The normalized spacial score (nSPS) is 16.2. The van der Waals surface area contributed by atoms with E-state index in [2.05, 4.69) is 4.98 Å². The molecule has 0 bridgehead atoms. The van der Waals surface area contributed by atoms with Gasteiger partial charge in [-0.3, -0.25) is 9.59 Å². The number of pyridine rings is 1. The molecule has 3 N–H and O–H groups in total. The maximum absolute atomic E-state index is 13.8. The predicted molar refractivity (Wildman–Crippen MR) is 112 cm³/mol. The summed E-state index contributed by atoms with van der Waals surface area (Å²) in [6.07, 6.45) is -7.25. The summed E-state index contributed by atoms with van der Waals surface area (Å²) in [5, 5.41) is 24.0. The van der Waals surface area contributed by atoms with Gasteiger partial charge in [-0.05, 0) is 41.8 Å². The number of aromatic nitrogens is 1. The van der Waals surface area contributed by atoms with Gasteiger partial charge < -0.3 is 20.3 Å². The molecule has 1 amide bonds. The summed E-state index contributed by atoms with van der Waals surface area (Å²) in [5.41, 5.74) is -2.80. The molecule has 33 heavy (non-hydrogen) atoms. The second kappa shape index (κ2) is 8.34. The van der Waals surface area contributed by atoms with Gasteiger partial charge in [-0.1, -0.05) is 6.07 Å². The molecule has 1 aliphatic rings. The molecule has 1 aliphatic heterocycles. The molecule has 0 saturated heterocycles. The number of benzene rings is 1. The highest BCUT2D eigenvalue weighted by molar-refractivity contribution is 7.12. The molecule has 3 heterocycles. The number of Topliss-reactive ketones (excluding diaryl/α,β-unsaturated/α-hetero) is 1. The number of methoxy groups -OCH3 is 1. The number of alkyl halides is 3. The van der Waals surface area contributed by atoms with Crippen molar-refractivity contribution in [1.82, 2.24) is 10.3 Å². The number of ether oxygens (including phenoxy) is 1. The van der Waals surface area contributed by atoms with Gasteiger partial charge in [0.05, 0.1) is 34.5 Å². The zero-order chi connectivity index (χ0) is 23.9. The van der Waals surface area contributed by atoms with E-state index in [1.165, 1.54) is 55.0 Å². The first-order valence-corrected chi connectivity index (χ1v) is 10.3. The van der Waals surface area contributed by atoms with E-state index in [1.807, 2.05) is 0 Å². The van der Waals surface area contributed by atoms with Crippen LogP contribution in [0.5, 0.6) is 11.5 Å². The Hall–Kier alpha value is -3.70. The highest BCUT2D eigenvalue weighted by Crippen LogP contribution is 2.39. The van der Waals surface area contributed by atoms with Gasteiger partial charge in [0.15, 0.2) is 11.5 Å². The van der Waals surface area contributed by atoms with Crippen molar-refractivity contribution in [2.45, 2.75) is 12.3 Å². The van der Waals surface area contributed by atoms with E-state index in [-0.39, 0.29) is 27.6 Å². The van der Waals surface area contributed by atoms with Crippen LogP contribution in [0.1, 0.15) is 31.8 Å². The number of rotatable bonds is 4. The zero-order valence-electron chi connectivity index (χ0n) is 16.8. The van der Waals surface area contributed by atoms with Crippen molar-refractivity contribution < 1.29 is 37.7 Å². The van der Waals surface area contributed by atoms with Gasteiger partial charge in [-0.25, -0.2) is 4.98 Å². The number of nitrogens with zero attached hydrogens (tertiary/aromatic N) is 1. The van der Waals surface area contributed by atoms with Crippen molar-refractivity contribution in [2.75, 3.05) is 7.11 Å². The maximum Gasteiger partial charge on any atom is 0.431 e.